The molecule has 39 heavy (non-hydrogen) atoms. The zero-order chi connectivity index (χ0) is 28.5. The highest BCUT2D eigenvalue weighted by atomic mass is 16.6. The van der Waals surface area contributed by atoms with E-state index in [-0.39, 0.29) is 11.9 Å². The number of hydrogen-bond acceptors (Lipinski definition) is 3. The van der Waals surface area contributed by atoms with Gasteiger partial charge in [-0.15, -0.1) is 0 Å². The first kappa shape index (κ1) is 37.6. The summed E-state index contributed by atoms with van der Waals surface area (Å²) in [6, 6.07) is 0. The standard InChI is InChI=1S/C36H66O3/c1-3-5-7-9-11-13-15-17-19-21-23-25-27-29-31-33-35(37)39-36(38)34-32-30-28-26-24-22-20-18-16-14-12-10-8-6-4-2/h17-20H,3-16,21-34H2,1-2H3/b19-17+,20-18+. The van der Waals surface area contributed by atoms with Crippen LogP contribution >= 0.6 is 0 Å². The summed E-state index contributed by atoms with van der Waals surface area (Å²) in [5.74, 6) is -0.684. The fourth-order valence-corrected chi connectivity index (χ4v) is 4.91. The molecule has 0 unspecified atom stereocenters. The molecular weight excluding hydrogens is 480 g/mol. The van der Waals surface area contributed by atoms with Crippen molar-refractivity contribution >= 4 is 11.9 Å². The largest absolute Gasteiger partial charge is 0.393 e. The third kappa shape index (κ3) is 32.7. The van der Waals surface area contributed by atoms with Gasteiger partial charge in [0, 0.05) is 12.8 Å². The van der Waals surface area contributed by atoms with Crippen LogP contribution in [0.25, 0.3) is 0 Å². The molecule has 0 heterocycles. The Morgan fingerprint density at radius 3 is 0.949 bits per heavy atom. The van der Waals surface area contributed by atoms with Crippen LogP contribution in [0.4, 0.5) is 0 Å². The van der Waals surface area contributed by atoms with Crippen LogP contribution < -0.4 is 0 Å². The van der Waals surface area contributed by atoms with E-state index in [1.165, 1.54) is 128 Å². The van der Waals surface area contributed by atoms with Gasteiger partial charge < -0.3 is 4.74 Å². The van der Waals surface area contributed by atoms with Crippen molar-refractivity contribution in [2.75, 3.05) is 0 Å². The third-order valence-corrected chi connectivity index (χ3v) is 7.51. The minimum Gasteiger partial charge on any atom is -0.393 e. The van der Waals surface area contributed by atoms with Crippen molar-refractivity contribution in [3.63, 3.8) is 0 Å². The van der Waals surface area contributed by atoms with Crippen LogP contribution in [-0.2, 0) is 14.3 Å². The molecule has 0 spiro atoms. The Kier molecular flexibility index (Phi) is 31.7. The second kappa shape index (κ2) is 32.8. The highest BCUT2D eigenvalue weighted by Gasteiger charge is 2.09. The number of allylic oxidation sites excluding steroid dienone is 4. The monoisotopic (exact) mass is 547 g/mol. The Hall–Kier alpha value is -1.38. The van der Waals surface area contributed by atoms with E-state index in [1.807, 2.05) is 0 Å². The molecule has 0 atom stereocenters. The maximum absolute atomic E-state index is 11.9. The van der Waals surface area contributed by atoms with Crippen LogP contribution in [-0.4, -0.2) is 11.9 Å². The molecule has 0 saturated carbocycles. The molecule has 0 rings (SSSR count). The lowest BCUT2D eigenvalue weighted by molar-refractivity contribution is -0.159. The summed E-state index contributed by atoms with van der Waals surface area (Å²) in [4.78, 5) is 23.8. The molecule has 3 heteroatoms. The number of esters is 2. The van der Waals surface area contributed by atoms with E-state index in [1.54, 1.807) is 0 Å². The molecule has 0 aliphatic heterocycles. The number of carbonyl (C=O) groups excluding carboxylic acids is 2. The van der Waals surface area contributed by atoms with Crippen molar-refractivity contribution in [3.05, 3.63) is 24.3 Å². The van der Waals surface area contributed by atoms with Crippen molar-refractivity contribution in [2.24, 2.45) is 0 Å². The zero-order valence-corrected chi connectivity index (χ0v) is 26.3. The van der Waals surface area contributed by atoms with Gasteiger partial charge in [0.2, 0.25) is 0 Å². The van der Waals surface area contributed by atoms with Crippen LogP contribution in [0.5, 0.6) is 0 Å². The molecule has 0 N–H and O–H groups in total. The summed E-state index contributed by atoms with van der Waals surface area (Å²) < 4.78 is 4.99. The van der Waals surface area contributed by atoms with Gasteiger partial charge in [0.05, 0.1) is 0 Å². The molecule has 0 amide bonds. The first-order valence-corrected chi connectivity index (χ1v) is 17.2. The van der Waals surface area contributed by atoms with Gasteiger partial charge in [-0.1, -0.05) is 141 Å². The second-order valence-electron chi connectivity index (χ2n) is 11.5. The highest BCUT2D eigenvalue weighted by Crippen LogP contribution is 2.12. The lowest BCUT2D eigenvalue weighted by Crippen LogP contribution is -2.11. The van der Waals surface area contributed by atoms with Gasteiger partial charge in [0.1, 0.15) is 0 Å². The van der Waals surface area contributed by atoms with Crippen LogP contribution in [0.1, 0.15) is 194 Å². The zero-order valence-electron chi connectivity index (χ0n) is 26.3. The molecule has 0 aliphatic rings. The van der Waals surface area contributed by atoms with Crippen molar-refractivity contribution in [2.45, 2.75) is 194 Å². The number of ether oxygens (including phenoxy) is 1. The maximum Gasteiger partial charge on any atom is 0.313 e. The predicted octanol–water partition coefficient (Wildman–Crippen LogP) is 12.1. The van der Waals surface area contributed by atoms with Crippen LogP contribution in [0.2, 0.25) is 0 Å². The SMILES string of the molecule is CCCCCCCC/C=C/CCCCCCCC(=O)OC(=O)CCCCCCC/C=C/CCCCCCCC. The van der Waals surface area contributed by atoms with E-state index in [9.17, 15) is 9.59 Å². The summed E-state index contributed by atoms with van der Waals surface area (Å²) >= 11 is 0. The molecule has 0 radical (unpaired) electrons. The Morgan fingerprint density at radius 1 is 0.385 bits per heavy atom. The number of rotatable bonds is 30. The molecule has 0 aromatic carbocycles. The van der Waals surface area contributed by atoms with E-state index in [2.05, 4.69) is 38.2 Å². The highest BCUT2D eigenvalue weighted by molar-refractivity contribution is 5.85. The van der Waals surface area contributed by atoms with Gasteiger partial charge in [-0.05, 0) is 64.2 Å². The van der Waals surface area contributed by atoms with Crippen LogP contribution in [0.15, 0.2) is 24.3 Å². The third-order valence-electron chi connectivity index (χ3n) is 7.51. The quantitative estimate of drug-likeness (QED) is 0.0389. The lowest BCUT2D eigenvalue weighted by atomic mass is 10.1. The summed E-state index contributed by atoms with van der Waals surface area (Å²) in [5.41, 5.74) is 0. The molecule has 0 fully saturated rings. The molecule has 0 aliphatic carbocycles. The van der Waals surface area contributed by atoms with E-state index in [4.69, 9.17) is 4.74 Å². The van der Waals surface area contributed by atoms with Crippen molar-refractivity contribution < 1.29 is 14.3 Å². The van der Waals surface area contributed by atoms with Crippen LogP contribution in [0.3, 0.4) is 0 Å². The van der Waals surface area contributed by atoms with Gasteiger partial charge in [-0.2, -0.15) is 0 Å². The first-order chi connectivity index (χ1) is 19.2. The molecule has 228 valence electrons. The van der Waals surface area contributed by atoms with Crippen molar-refractivity contribution in [1.29, 1.82) is 0 Å². The molecule has 0 aromatic heterocycles. The minimum absolute atomic E-state index is 0.342. The van der Waals surface area contributed by atoms with Crippen molar-refractivity contribution in [3.8, 4) is 0 Å². The second-order valence-corrected chi connectivity index (χ2v) is 11.5. The van der Waals surface area contributed by atoms with E-state index >= 15 is 0 Å². The normalized spacial score (nSPS) is 11.6. The minimum atomic E-state index is -0.342. The average molecular weight is 547 g/mol. The van der Waals surface area contributed by atoms with Gasteiger partial charge in [-0.25, -0.2) is 0 Å². The molecule has 0 aromatic rings. The average Bonchev–Trinajstić information content (AvgIpc) is 2.93. The predicted molar refractivity (Wildman–Crippen MR) is 170 cm³/mol. The molecular formula is C36H66O3. The number of unbranched alkanes of at least 4 members (excludes halogenated alkanes) is 22. The van der Waals surface area contributed by atoms with E-state index in [0.717, 1.165) is 38.5 Å². The smallest absolute Gasteiger partial charge is 0.313 e. The van der Waals surface area contributed by atoms with E-state index in [0.29, 0.717) is 12.8 Å². The maximum atomic E-state index is 11.9. The molecule has 3 nitrogen and oxygen atoms in total. The Morgan fingerprint density at radius 2 is 0.641 bits per heavy atom. The summed E-state index contributed by atoms with van der Waals surface area (Å²) in [7, 11) is 0. The topological polar surface area (TPSA) is 43.4 Å². The first-order valence-electron chi connectivity index (χ1n) is 17.2. The summed E-state index contributed by atoms with van der Waals surface area (Å²) in [6.07, 6.45) is 42.2. The fraction of sp³-hybridized carbons (Fsp3) is 0.833. The fourth-order valence-electron chi connectivity index (χ4n) is 4.91. The lowest BCUT2D eigenvalue weighted by Gasteiger charge is -2.04. The van der Waals surface area contributed by atoms with Gasteiger partial charge in [0.15, 0.2) is 0 Å². The van der Waals surface area contributed by atoms with Gasteiger partial charge in [0.25, 0.3) is 0 Å². The van der Waals surface area contributed by atoms with Gasteiger partial charge in [-0.3, -0.25) is 9.59 Å². The number of carbonyl (C=O) groups is 2. The molecule has 0 bridgehead atoms. The Labute approximate surface area is 244 Å². The summed E-state index contributed by atoms with van der Waals surface area (Å²) in [5, 5.41) is 0. The Balaban J connectivity index is 3.37. The van der Waals surface area contributed by atoms with E-state index < -0.39 is 0 Å². The van der Waals surface area contributed by atoms with Gasteiger partial charge >= 0.3 is 11.9 Å². The number of hydrogen-bond donors (Lipinski definition) is 0. The van der Waals surface area contributed by atoms with Crippen molar-refractivity contribution in [1.82, 2.24) is 0 Å². The summed E-state index contributed by atoms with van der Waals surface area (Å²) in [6.45, 7) is 4.53. The van der Waals surface area contributed by atoms with Crippen LogP contribution in [0, 0.1) is 0 Å². The molecule has 0 saturated heterocycles. The Bertz CT molecular complexity index is 528.